The standard InChI is InChI=1S/C18H27N3O2/c1-20-15-8-9-16(20)14-21(12-10-15)18(22)19-11-5-13-23-17-6-3-2-4-7-17/h2-4,6-7,15-16H,5,8-14H2,1H3,(H,19,22). The fourth-order valence-electron chi connectivity index (χ4n) is 3.58. The third kappa shape index (κ3) is 4.16. The predicted molar refractivity (Wildman–Crippen MR) is 90.7 cm³/mol. The number of fused-ring (bicyclic) bond motifs is 2. The largest absolute Gasteiger partial charge is 0.494 e. The lowest BCUT2D eigenvalue weighted by molar-refractivity contribution is 0.187. The predicted octanol–water partition coefficient (Wildman–Crippen LogP) is 2.33. The molecular formula is C18H27N3O2. The van der Waals surface area contributed by atoms with Gasteiger partial charge in [0.25, 0.3) is 0 Å². The smallest absolute Gasteiger partial charge is 0.317 e. The molecule has 0 aliphatic carbocycles. The van der Waals surface area contributed by atoms with Crippen LogP contribution in [0.15, 0.2) is 30.3 Å². The number of nitrogens with one attached hydrogen (secondary N) is 1. The molecule has 5 heteroatoms. The second-order valence-corrected chi connectivity index (χ2v) is 6.53. The fourth-order valence-corrected chi connectivity index (χ4v) is 3.58. The molecule has 2 amide bonds. The summed E-state index contributed by atoms with van der Waals surface area (Å²) in [5, 5.41) is 3.03. The first-order chi connectivity index (χ1) is 11.2. The zero-order valence-electron chi connectivity index (χ0n) is 13.9. The van der Waals surface area contributed by atoms with Crippen LogP contribution in [0.3, 0.4) is 0 Å². The molecule has 2 aliphatic heterocycles. The highest BCUT2D eigenvalue weighted by atomic mass is 16.5. The van der Waals surface area contributed by atoms with Crippen molar-refractivity contribution in [2.75, 3.05) is 33.3 Å². The summed E-state index contributed by atoms with van der Waals surface area (Å²) in [6, 6.07) is 11.1. The number of nitrogens with zero attached hydrogens (tertiary/aromatic N) is 2. The summed E-state index contributed by atoms with van der Waals surface area (Å²) in [6.07, 6.45) is 4.42. The lowest BCUT2D eigenvalue weighted by Crippen LogP contribution is -2.45. The van der Waals surface area contributed by atoms with E-state index >= 15 is 0 Å². The molecule has 2 aliphatic rings. The molecule has 23 heavy (non-hydrogen) atoms. The number of likely N-dealkylation sites (tertiary alicyclic amines) is 1. The number of para-hydroxylation sites is 1. The Balaban J connectivity index is 1.35. The summed E-state index contributed by atoms with van der Waals surface area (Å²) in [7, 11) is 2.20. The number of hydrogen-bond donors (Lipinski definition) is 1. The van der Waals surface area contributed by atoms with Crippen molar-refractivity contribution in [2.24, 2.45) is 0 Å². The topological polar surface area (TPSA) is 44.8 Å². The first-order valence-electron chi connectivity index (χ1n) is 8.66. The van der Waals surface area contributed by atoms with Crippen LogP contribution in [-0.2, 0) is 0 Å². The van der Waals surface area contributed by atoms with Crippen LogP contribution in [0.4, 0.5) is 4.79 Å². The van der Waals surface area contributed by atoms with Gasteiger partial charge in [0.05, 0.1) is 6.61 Å². The lowest BCUT2D eigenvalue weighted by Gasteiger charge is -2.26. The van der Waals surface area contributed by atoms with Crippen LogP contribution in [0.1, 0.15) is 25.7 Å². The van der Waals surface area contributed by atoms with Crippen LogP contribution in [0.5, 0.6) is 5.75 Å². The first kappa shape index (κ1) is 16.1. The maximum absolute atomic E-state index is 12.3. The molecule has 1 N–H and O–H groups in total. The highest BCUT2D eigenvalue weighted by molar-refractivity contribution is 5.74. The molecule has 3 rings (SSSR count). The van der Waals surface area contributed by atoms with Crippen LogP contribution >= 0.6 is 0 Å². The van der Waals surface area contributed by atoms with Crippen molar-refractivity contribution in [3.63, 3.8) is 0 Å². The molecule has 2 heterocycles. The number of benzene rings is 1. The van der Waals surface area contributed by atoms with E-state index < -0.39 is 0 Å². The summed E-state index contributed by atoms with van der Waals surface area (Å²) in [5.41, 5.74) is 0. The first-order valence-corrected chi connectivity index (χ1v) is 8.66. The zero-order chi connectivity index (χ0) is 16.1. The van der Waals surface area contributed by atoms with Gasteiger partial charge >= 0.3 is 6.03 Å². The van der Waals surface area contributed by atoms with Crippen LogP contribution in [0.25, 0.3) is 0 Å². The monoisotopic (exact) mass is 317 g/mol. The van der Waals surface area contributed by atoms with Crippen LogP contribution < -0.4 is 10.1 Å². The number of rotatable bonds is 5. The van der Waals surface area contributed by atoms with Gasteiger partial charge in [-0.2, -0.15) is 0 Å². The molecule has 0 spiro atoms. The zero-order valence-corrected chi connectivity index (χ0v) is 13.9. The number of carbonyl (C=O) groups is 1. The third-order valence-corrected chi connectivity index (χ3v) is 5.04. The Kier molecular flexibility index (Phi) is 5.39. The Morgan fingerprint density at radius 2 is 2.00 bits per heavy atom. The van der Waals surface area contributed by atoms with Gasteiger partial charge in [-0.3, -0.25) is 4.90 Å². The van der Waals surface area contributed by atoms with Crippen LogP contribution in [0.2, 0.25) is 0 Å². The van der Waals surface area contributed by atoms with Crippen molar-refractivity contribution < 1.29 is 9.53 Å². The van der Waals surface area contributed by atoms with E-state index in [2.05, 4.69) is 17.3 Å². The van der Waals surface area contributed by atoms with Crippen molar-refractivity contribution in [1.82, 2.24) is 15.1 Å². The Labute approximate surface area is 138 Å². The molecule has 1 aromatic carbocycles. The Hall–Kier alpha value is -1.75. The van der Waals surface area contributed by atoms with Crippen LogP contribution in [-0.4, -0.2) is 61.2 Å². The van der Waals surface area contributed by atoms with E-state index in [0.29, 0.717) is 25.2 Å². The fraction of sp³-hybridized carbons (Fsp3) is 0.611. The van der Waals surface area contributed by atoms with E-state index in [4.69, 9.17) is 4.74 Å². The van der Waals surface area contributed by atoms with Crippen molar-refractivity contribution in [1.29, 1.82) is 0 Å². The highest BCUT2D eigenvalue weighted by Crippen LogP contribution is 2.28. The average molecular weight is 317 g/mol. The second kappa shape index (κ2) is 7.68. The number of carbonyl (C=O) groups excluding carboxylic acids is 1. The van der Waals surface area contributed by atoms with Crippen molar-refractivity contribution in [3.8, 4) is 5.75 Å². The molecule has 2 fully saturated rings. The lowest BCUT2D eigenvalue weighted by atomic mass is 10.1. The van der Waals surface area contributed by atoms with E-state index in [1.54, 1.807) is 0 Å². The van der Waals surface area contributed by atoms with Gasteiger partial charge in [-0.15, -0.1) is 0 Å². The van der Waals surface area contributed by atoms with Gasteiger partial charge in [0.1, 0.15) is 5.75 Å². The Morgan fingerprint density at radius 3 is 2.83 bits per heavy atom. The summed E-state index contributed by atoms with van der Waals surface area (Å²) >= 11 is 0. The highest BCUT2D eigenvalue weighted by Gasteiger charge is 2.35. The van der Waals surface area contributed by atoms with Crippen molar-refractivity contribution in [3.05, 3.63) is 30.3 Å². The van der Waals surface area contributed by atoms with Crippen LogP contribution in [0, 0.1) is 0 Å². The van der Waals surface area contributed by atoms with Gasteiger partial charge in [0.2, 0.25) is 0 Å². The van der Waals surface area contributed by atoms with Gasteiger partial charge in [-0.05, 0) is 44.9 Å². The average Bonchev–Trinajstić information content (AvgIpc) is 2.80. The van der Waals surface area contributed by atoms with Crippen molar-refractivity contribution in [2.45, 2.75) is 37.8 Å². The normalized spacial score (nSPS) is 24.3. The molecule has 2 atom stereocenters. The Morgan fingerprint density at radius 1 is 1.22 bits per heavy atom. The summed E-state index contributed by atoms with van der Waals surface area (Å²) in [5.74, 6) is 0.880. The minimum Gasteiger partial charge on any atom is -0.494 e. The number of likely N-dealkylation sites (N-methyl/N-ethyl adjacent to an activating group) is 1. The van der Waals surface area contributed by atoms with E-state index in [1.807, 2.05) is 35.2 Å². The van der Waals surface area contributed by atoms with E-state index in [1.165, 1.54) is 12.8 Å². The molecule has 126 valence electrons. The van der Waals surface area contributed by atoms with Gasteiger partial charge < -0.3 is 15.0 Å². The number of ether oxygens (including phenoxy) is 1. The number of urea groups is 1. The molecule has 2 unspecified atom stereocenters. The second-order valence-electron chi connectivity index (χ2n) is 6.53. The molecular weight excluding hydrogens is 290 g/mol. The molecule has 2 saturated heterocycles. The third-order valence-electron chi connectivity index (χ3n) is 5.04. The number of hydrogen-bond acceptors (Lipinski definition) is 3. The Bertz CT molecular complexity index is 508. The molecule has 0 radical (unpaired) electrons. The maximum Gasteiger partial charge on any atom is 0.317 e. The SMILES string of the molecule is CN1C2CCC1CN(C(=O)NCCCOc1ccccc1)CC2. The molecule has 0 saturated carbocycles. The molecule has 2 bridgehead atoms. The van der Waals surface area contributed by atoms with E-state index in [-0.39, 0.29) is 6.03 Å². The van der Waals surface area contributed by atoms with Gasteiger partial charge in [-0.25, -0.2) is 4.79 Å². The summed E-state index contributed by atoms with van der Waals surface area (Å²) in [6.45, 7) is 3.01. The quantitative estimate of drug-likeness (QED) is 0.848. The molecule has 1 aromatic rings. The number of amides is 2. The van der Waals surface area contributed by atoms with Crippen molar-refractivity contribution >= 4 is 6.03 Å². The summed E-state index contributed by atoms with van der Waals surface area (Å²) in [4.78, 5) is 16.8. The van der Waals surface area contributed by atoms with Gasteiger partial charge in [0, 0.05) is 31.7 Å². The minimum atomic E-state index is 0.0747. The van der Waals surface area contributed by atoms with Gasteiger partial charge in [0.15, 0.2) is 0 Å². The molecule has 0 aromatic heterocycles. The van der Waals surface area contributed by atoms with E-state index in [0.717, 1.165) is 31.7 Å². The molecule has 5 nitrogen and oxygen atoms in total. The maximum atomic E-state index is 12.3. The van der Waals surface area contributed by atoms with E-state index in [9.17, 15) is 4.79 Å². The minimum absolute atomic E-state index is 0.0747. The summed E-state index contributed by atoms with van der Waals surface area (Å²) < 4.78 is 5.64. The van der Waals surface area contributed by atoms with Gasteiger partial charge in [-0.1, -0.05) is 18.2 Å².